The number of benzene rings is 1. The first-order chi connectivity index (χ1) is 11.2. The molecule has 2 aromatic rings. The number of carbonyl (C=O) groups excluding carboxylic acids is 1. The maximum absolute atomic E-state index is 13.9. The summed E-state index contributed by atoms with van der Waals surface area (Å²) in [5.74, 6) is -2.30. The lowest BCUT2D eigenvalue weighted by atomic mass is 10.3. The highest BCUT2D eigenvalue weighted by molar-refractivity contribution is 7.90. The van der Waals surface area contributed by atoms with Gasteiger partial charge in [-0.2, -0.15) is 0 Å². The fourth-order valence-electron chi connectivity index (χ4n) is 1.71. The summed E-state index contributed by atoms with van der Waals surface area (Å²) < 4.78 is 44.8. The quantitative estimate of drug-likeness (QED) is 0.615. The van der Waals surface area contributed by atoms with E-state index in [9.17, 15) is 27.7 Å². The maximum atomic E-state index is 13.9. The van der Waals surface area contributed by atoms with Gasteiger partial charge in [-0.15, -0.1) is 11.3 Å². The number of nitrogens with one attached hydrogen (secondary N) is 1. The number of hydrogen-bond donors (Lipinski definition) is 1. The molecule has 0 saturated heterocycles. The number of sulfonamides is 1. The molecule has 1 amide bonds. The third-order valence-corrected chi connectivity index (χ3v) is 5.31. The second kappa shape index (κ2) is 6.71. The molecule has 0 radical (unpaired) electrons. The molecule has 0 bridgehead atoms. The van der Waals surface area contributed by atoms with Crippen LogP contribution in [0.1, 0.15) is 9.67 Å². The van der Waals surface area contributed by atoms with E-state index in [1.165, 1.54) is 18.6 Å². The van der Waals surface area contributed by atoms with E-state index in [1.807, 2.05) is 0 Å². The van der Waals surface area contributed by atoms with Crippen LogP contribution in [0.25, 0.3) is 0 Å². The molecule has 0 aliphatic heterocycles. The minimum Gasteiger partial charge on any atom is -0.495 e. The van der Waals surface area contributed by atoms with Crippen LogP contribution in [0.5, 0.6) is 5.75 Å². The molecule has 12 heteroatoms. The van der Waals surface area contributed by atoms with E-state index < -0.39 is 42.3 Å². The molecule has 1 aromatic carbocycles. The Morgan fingerprint density at radius 2 is 2.12 bits per heavy atom. The van der Waals surface area contributed by atoms with Crippen molar-refractivity contribution in [2.75, 3.05) is 7.11 Å². The molecule has 0 saturated carbocycles. The summed E-state index contributed by atoms with van der Waals surface area (Å²) in [4.78, 5) is 20.7. The number of thiophene rings is 1. The lowest BCUT2D eigenvalue weighted by molar-refractivity contribution is -0.384. The van der Waals surface area contributed by atoms with Crippen LogP contribution in [0.4, 0.5) is 10.1 Å². The van der Waals surface area contributed by atoms with E-state index >= 15 is 0 Å². The van der Waals surface area contributed by atoms with E-state index in [2.05, 4.69) is 0 Å². The topological polar surface area (TPSA) is 116 Å². The zero-order chi connectivity index (χ0) is 18.1. The van der Waals surface area contributed by atoms with Gasteiger partial charge in [0.15, 0.2) is 5.82 Å². The van der Waals surface area contributed by atoms with Crippen molar-refractivity contribution in [1.82, 2.24) is 4.72 Å². The van der Waals surface area contributed by atoms with Gasteiger partial charge < -0.3 is 4.74 Å². The first kappa shape index (κ1) is 18.1. The van der Waals surface area contributed by atoms with Gasteiger partial charge in [0.05, 0.1) is 18.1 Å². The Morgan fingerprint density at radius 3 is 2.71 bits per heavy atom. The fourth-order valence-corrected chi connectivity index (χ4v) is 3.87. The summed E-state index contributed by atoms with van der Waals surface area (Å²) in [5.41, 5.74) is -0.792. The molecule has 24 heavy (non-hydrogen) atoms. The van der Waals surface area contributed by atoms with Crippen LogP contribution in [0.2, 0.25) is 5.02 Å². The van der Waals surface area contributed by atoms with Crippen molar-refractivity contribution in [2.45, 2.75) is 4.90 Å². The largest absolute Gasteiger partial charge is 0.495 e. The van der Waals surface area contributed by atoms with Gasteiger partial charge in [-0.05, 0) is 17.5 Å². The molecule has 0 unspecified atom stereocenters. The standard InChI is InChI=1S/C12H8ClFN2O6S2/c1-22-9-2-3-23-11(9)12(17)15-24(20,21)10-4-6(13)8(16(18)19)5-7(10)14/h2-5H,1H3,(H,15,17). The normalized spacial score (nSPS) is 11.1. The average Bonchev–Trinajstić information content (AvgIpc) is 2.97. The molecule has 0 fully saturated rings. The van der Waals surface area contributed by atoms with Crippen LogP contribution in [-0.2, 0) is 10.0 Å². The molecule has 1 heterocycles. The molecular weight excluding hydrogens is 387 g/mol. The molecule has 128 valence electrons. The number of nitrogens with zero attached hydrogens (tertiary/aromatic N) is 1. The molecule has 1 N–H and O–H groups in total. The van der Waals surface area contributed by atoms with Crippen LogP contribution < -0.4 is 9.46 Å². The number of halogens is 2. The number of nitro groups is 1. The van der Waals surface area contributed by atoms with Crippen molar-refractivity contribution in [3.05, 3.63) is 49.4 Å². The summed E-state index contributed by atoms with van der Waals surface area (Å²) in [6, 6.07) is 2.39. The second-order valence-corrected chi connectivity index (χ2v) is 7.22. The Morgan fingerprint density at radius 1 is 1.46 bits per heavy atom. The predicted octanol–water partition coefficient (Wildman–Crippen LogP) is 2.58. The minimum absolute atomic E-state index is 0.0329. The Bertz CT molecular complexity index is 928. The Hall–Kier alpha value is -2.24. The zero-order valence-corrected chi connectivity index (χ0v) is 14.2. The van der Waals surface area contributed by atoms with Crippen LogP contribution in [0.15, 0.2) is 28.5 Å². The smallest absolute Gasteiger partial charge is 0.290 e. The zero-order valence-electron chi connectivity index (χ0n) is 11.8. The van der Waals surface area contributed by atoms with Crippen molar-refractivity contribution < 1.29 is 27.3 Å². The van der Waals surface area contributed by atoms with Gasteiger partial charge in [0, 0.05) is 0 Å². The van der Waals surface area contributed by atoms with Crippen molar-refractivity contribution in [2.24, 2.45) is 0 Å². The molecule has 0 aliphatic carbocycles. The van der Waals surface area contributed by atoms with Crippen LogP contribution in [-0.4, -0.2) is 26.4 Å². The highest BCUT2D eigenvalue weighted by Crippen LogP contribution is 2.30. The summed E-state index contributed by atoms with van der Waals surface area (Å²) in [7, 11) is -3.34. The Labute approximate surface area is 144 Å². The number of methoxy groups -OCH3 is 1. The molecule has 8 nitrogen and oxygen atoms in total. The van der Waals surface area contributed by atoms with E-state index in [4.69, 9.17) is 16.3 Å². The van der Waals surface area contributed by atoms with E-state index in [0.717, 1.165) is 11.3 Å². The lowest BCUT2D eigenvalue weighted by Gasteiger charge is -2.08. The van der Waals surface area contributed by atoms with Crippen LogP contribution in [0.3, 0.4) is 0 Å². The number of hydrogen-bond acceptors (Lipinski definition) is 7. The first-order valence-electron chi connectivity index (χ1n) is 5.99. The number of amides is 1. The highest BCUT2D eigenvalue weighted by Gasteiger charge is 2.28. The SMILES string of the molecule is COc1ccsc1C(=O)NS(=O)(=O)c1cc(Cl)c([N+](=O)[O-])cc1F. The average molecular weight is 395 g/mol. The van der Waals surface area contributed by atoms with Gasteiger partial charge >= 0.3 is 0 Å². The summed E-state index contributed by atoms with van der Waals surface area (Å²) in [6.45, 7) is 0. The van der Waals surface area contributed by atoms with Crippen LogP contribution in [0, 0.1) is 15.9 Å². The van der Waals surface area contributed by atoms with E-state index in [0.29, 0.717) is 12.1 Å². The molecule has 0 aliphatic rings. The van der Waals surface area contributed by atoms with Gasteiger partial charge in [-0.1, -0.05) is 11.6 Å². The van der Waals surface area contributed by atoms with Crippen molar-refractivity contribution in [3.63, 3.8) is 0 Å². The fraction of sp³-hybridized carbons (Fsp3) is 0.0833. The molecule has 1 aromatic heterocycles. The number of nitro benzene ring substituents is 1. The monoisotopic (exact) mass is 394 g/mol. The number of ether oxygens (including phenoxy) is 1. The second-order valence-electron chi connectivity index (χ2n) is 4.24. The maximum Gasteiger partial charge on any atom is 0.290 e. The minimum atomic E-state index is -4.64. The number of rotatable bonds is 5. The molecule has 2 rings (SSSR count). The predicted molar refractivity (Wildman–Crippen MR) is 83.6 cm³/mol. The van der Waals surface area contributed by atoms with Crippen LogP contribution >= 0.6 is 22.9 Å². The Kier molecular flexibility index (Phi) is 5.06. The summed E-state index contributed by atoms with van der Waals surface area (Å²) in [6.07, 6.45) is 0. The third-order valence-electron chi connectivity index (χ3n) is 2.77. The van der Waals surface area contributed by atoms with E-state index in [-0.39, 0.29) is 10.6 Å². The molecular formula is C12H8ClFN2O6S2. The lowest BCUT2D eigenvalue weighted by Crippen LogP contribution is -2.31. The van der Waals surface area contributed by atoms with Gasteiger partial charge in [0.1, 0.15) is 20.5 Å². The first-order valence-corrected chi connectivity index (χ1v) is 8.73. The number of carbonyl (C=O) groups is 1. The van der Waals surface area contributed by atoms with Gasteiger partial charge in [0.2, 0.25) is 0 Å². The third kappa shape index (κ3) is 3.47. The van der Waals surface area contributed by atoms with Gasteiger partial charge in [0.25, 0.3) is 21.6 Å². The van der Waals surface area contributed by atoms with E-state index in [1.54, 1.807) is 4.72 Å². The Balaban J connectivity index is 2.39. The summed E-state index contributed by atoms with van der Waals surface area (Å²) >= 11 is 6.50. The van der Waals surface area contributed by atoms with Gasteiger partial charge in [-0.25, -0.2) is 17.5 Å². The van der Waals surface area contributed by atoms with Crippen molar-refractivity contribution >= 4 is 44.6 Å². The highest BCUT2D eigenvalue weighted by atomic mass is 35.5. The molecule has 0 spiro atoms. The van der Waals surface area contributed by atoms with Gasteiger partial charge in [-0.3, -0.25) is 14.9 Å². The molecule has 0 atom stereocenters. The van der Waals surface area contributed by atoms with Crippen molar-refractivity contribution in [3.8, 4) is 5.75 Å². The van der Waals surface area contributed by atoms with Crippen molar-refractivity contribution in [1.29, 1.82) is 0 Å². The summed E-state index contributed by atoms with van der Waals surface area (Å²) in [5, 5.41) is 11.6.